The van der Waals surface area contributed by atoms with Crippen LogP contribution in [0, 0.1) is 0 Å². The second-order valence-electron chi connectivity index (χ2n) is 6.58. The summed E-state index contributed by atoms with van der Waals surface area (Å²) in [7, 11) is 1.93. The van der Waals surface area contributed by atoms with Crippen molar-refractivity contribution in [3.63, 3.8) is 0 Å². The molecule has 1 atom stereocenters. The van der Waals surface area contributed by atoms with E-state index < -0.39 is 11.7 Å². The third-order valence-corrected chi connectivity index (χ3v) is 6.19. The first-order valence-electron chi connectivity index (χ1n) is 8.30. The molecule has 0 aliphatic carbocycles. The van der Waals surface area contributed by atoms with Gasteiger partial charge in [-0.3, -0.25) is 4.90 Å². The van der Waals surface area contributed by atoms with Crippen molar-refractivity contribution in [1.29, 1.82) is 0 Å². The quantitative estimate of drug-likeness (QED) is 0.855. The van der Waals surface area contributed by atoms with E-state index in [9.17, 15) is 13.2 Å². The fraction of sp³-hybridized carbons (Fsp3) is 0.368. The van der Waals surface area contributed by atoms with Crippen LogP contribution in [0.2, 0.25) is 0 Å². The van der Waals surface area contributed by atoms with Crippen molar-refractivity contribution in [3.05, 3.63) is 64.7 Å². The van der Waals surface area contributed by atoms with Crippen LogP contribution in [-0.2, 0) is 11.9 Å². The molecule has 1 fully saturated rings. The number of halogens is 3. The Kier molecular flexibility index (Phi) is 4.30. The standard InChI is InChI=1S/C19H19F3N2S/c1-23-14-9-24(10-14)18-15-4-2-3-5-17(15)25-11-12-6-7-13(8-16(12)18)19(20,21)22/h2-8,14,18,23H,9-11H2,1H3. The van der Waals surface area contributed by atoms with Crippen LogP contribution < -0.4 is 5.32 Å². The SMILES string of the molecule is CNC1CN(C2c3cc(C(F)(F)F)ccc3CSc3ccccc32)C1. The first-order valence-corrected chi connectivity index (χ1v) is 9.29. The maximum atomic E-state index is 13.3. The van der Waals surface area contributed by atoms with Crippen LogP contribution in [0.25, 0.3) is 0 Å². The average Bonchev–Trinajstić information content (AvgIpc) is 2.70. The van der Waals surface area contributed by atoms with Gasteiger partial charge in [0.15, 0.2) is 0 Å². The number of rotatable bonds is 2. The Balaban J connectivity index is 1.83. The van der Waals surface area contributed by atoms with Gasteiger partial charge in [-0.25, -0.2) is 0 Å². The average molecular weight is 364 g/mol. The van der Waals surface area contributed by atoms with Crippen molar-refractivity contribution >= 4 is 11.8 Å². The summed E-state index contributed by atoms with van der Waals surface area (Å²) in [4.78, 5) is 3.43. The highest BCUT2D eigenvalue weighted by Gasteiger charge is 2.38. The van der Waals surface area contributed by atoms with Gasteiger partial charge >= 0.3 is 6.18 Å². The van der Waals surface area contributed by atoms with Gasteiger partial charge in [0, 0.05) is 29.8 Å². The number of nitrogens with one attached hydrogen (secondary N) is 1. The van der Waals surface area contributed by atoms with Crippen LogP contribution in [0.5, 0.6) is 0 Å². The van der Waals surface area contributed by atoms with E-state index in [0.717, 1.165) is 34.7 Å². The molecule has 4 rings (SSSR count). The van der Waals surface area contributed by atoms with Crippen LogP contribution in [-0.4, -0.2) is 31.1 Å². The fourth-order valence-electron chi connectivity index (χ4n) is 3.62. The van der Waals surface area contributed by atoms with Gasteiger partial charge < -0.3 is 5.32 Å². The second-order valence-corrected chi connectivity index (χ2v) is 7.60. The molecule has 2 aliphatic heterocycles. The molecule has 6 heteroatoms. The maximum Gasteiger partial charge on any atom is 0.416 e. The lowest BCUT2D eigenvalue weighted by Crippen LogP contribution is -2.58. The molecule has 2 aromatic rings. The minimum atomic E-state index is -4.32. The Labute approximate surface area is 149 Å². The molecule has 2 aromatic carbocycles. The van der Waals surface area contributed by atoms with Gasteiger partial charge in [0.2, 0.25) is 0 Å². The lowest BCUT2D eigenvalue weighted by Gasteiger charge is -2.45. The molecule has 2 aliphatic rings. The minimum Gasteiger partial charge on any atom is -0.315 e. The van der Waals surface area contributed by atoms with E-state index in [2.05, 4.69) is 22.3 Å². The zero-order valence-electron chi connectivity index (χ0n) is 13.8. The molecule has 132 valence electrons. The Morgan fingerprint density at radius 3 is 2.56 bits per heavy atom. The first-order chi connectivity index (χ1) is 12.0. The van der Waals surface area contributed by atoms with Gasteiger partial charge in [-0.1, -0.05) is 24.3 Å². The highest BCUT2D eigenvalue weighted by Crippen LogP contribution is 2.45. The van der Waals surface area contributed by atoms with E-state index in [1.165, 1.54) is 12.1 Å². The molecule has 2 heterocycles. The molecule has 25 heavy (non-hydrogen) atoms. The highest BCUT2D eigenvalue weighted by molar-refractivity contribution is 7.98. The summed E-state index contributed by atoms with van der Waals surface area (Å²) < 4.78 is 39.8. The van der Waals surface area contributed by atoms with E-state index in [4.69, 9.17) is 0 Å². The predicted octanol–water partition coefficient (Wildman–Crippen LogP) is 4.30. The Bertz CT molecular complexity index is 784. The molecular weight excluding hydrogens is 345 g/mol. The summed E-state index contributed by atoms with van der Waals surface area (Å²) in [5.74, 6) is 0.699. The van der Waals surface area contributed by atoms with Crippen molar-refractivity contribution in [3.8, 4) is 0 Å². The van der Waals surface area contributed by atoms with E-state index in [1.807, 2.05) is 19.2 Å². The van der Waals surface area contributed by atoms with Gasteiger partial charge in [0.05, 0.1) is 11.6 Å². The van der Waals surface area contributed by atoms with Crippen LogP contribution in [0.1, 0.15) is 28.3 Å². The van der Waals surface area contributed by atoms with Crippen LogP contribution >= 0.6 is 11.8 Å². The number of likely N-dealkylation sites (tertiary alicyclic amines) is 1. The van der Waals surface area contributed by atoms with Crippen LogP contribution in [0.15, 0.2) is 47.4 Å². The Hall–Kier alpha value is -1.50. The van der Waals surface area contributed by atoms with Crippen LogP contribution in [0.3, 0.4) is 0 Å². The number of benzene rings is 2. The molecule has 1 N–H and O–H groups in total. The second kappa shape index (κ2) is 6.34. The molecule has 2 nitrogen and oxygen atoms in total. The predicted molar refractivity (Wildman–Crippen MR) is 93.7 cm³/mol. The number of likely N-dealkylation sites (N-methyl/N-ethyl adjacent to an activating group) is 1. The van der Waals surface area contributed by atoms with E-state index >= 15 is 0 Å². The summed E-state index contributed by atoms with van der Waals surface area (Å²) >= 11 is 1.70. The molecule has 0 spiro atoms. The largest absolute Gasteiger partial charge is 0.416 e. The summed E-state index contributed by atoms with van der Waals surface area (Å²) in [6.07, 6.45) is -4.32. The number of alkyl halides is 3. The molecule has 0 radical (unpaired) electrons. The smallest absolute Gasteiger partial charge is 0.315 e. The minimum absolute atomic E-state index is 0.118. The topological polar surface area (TPSA) is 15.3 Å². The summed E-state index contributed by atoms with van der Waals surface area (Å²) in [6, 6.07) is 12.6. The summed E-state index contributed by atoms with van der Waals surface area (Å²) in [6.45, 7) is 1.69. The van der Waals surface area contributed by atoms with Gasteiger partial charge in [-0.15, -0.1) is 11.8 Å². The van der Waals surface area contributed by atoms with Crippen LogP contribution in [0.4, 0.5) is 13.2 Å². The van der Waals surface area contributed by atoms with Crippen molar-refractivity contribution in [2.75, 3.05) is 20.1 Å². The summed E-state index contributed by atoms with van der Waals surface area (Å²) in [5.41, 5.74) is 2.33. The Morgan fingerprint density at radius 2 is 1.84 bits per heavy atom. The van der Waals surface area contributed by atoms with Crippen molar-refractivity contribution in [2.24, 2.45) is 0 Å². The number of hydrogen-bond acceptors (Lipinski definition) is 3. The lowest BCUT2D eigenvalue weighted by molar-refractivity contribution is -0.137. The zero-order chi connectivity index (χ0) is 17.6. The van der Waals surface area contributed by atoms with Gasteiger partial charge in [-0.2, -0.15) is 13.2 Å². The van der Waals surface area contributed by atoms with E-state index in [-0.39, 0.29) is 6.04 Å². The summed E-state index contributed by atoms with van der Waals surface area (Å²) in [5, 5.41) is 3.24. The first kappa shape index (κ1) is 16.9. The van der Waals surface area contributed by atoms with E-state index in [1.54, 1.807) is 17.8 Å². The monoisotopic (exact) mass is 364 g/mol. The molecule has 1 saturated heterocycles. The van der Waals surface area contributed by atoms with E-state index in [0.29, 0.717) is 11.8 Å². The number of nitrogens with zero attached hydrogens (tertiary/aromatic N) is 1. The number of fused-ring (bicyclic) bond motifs is 2. The van der Waals surface area contributed by atoms with Crippen molar-refractivity contribution in [2.45, 2.75) is 28.9 Å². The maximum absolute atomic E-state index is 13.3. The lowest BCUT2D eigenvalue weighted by atomic mass is 9.89. The normalized spacial score (nSPS) is 21.2. The molecule has 0 aromatic heterocycles. The molecule has 0 bridgehead atoms. The third-order valence-electron chi connectivity index (χ3n) is 5.05. The van der Waals surface area contributed by atoms with Crippen molar-refractivity contribution in [1.82, 2.24) is 10.2 Å². The molecule has 0 amide bonds. The van der Waals surface area contributed by atoms with Gasteiger partial charge in [-0.05, 0) is 41.9 Å². The molecule has 0 saturated carbocycles. The zero-order valence-corrected chi connectivity index (χ0v) is 14.6. The molecule has 1 unspecified atom stereocenters. The highest BCUT2D eigenvalue weighted by atomic mass is 32.2. The van der Waals surface area contributed by atoms with Crippen molar-refractivity contribution < 1.29 is 13.2 Å². The molecular formula is C19H19F3N2S. The van der Waals surface area contributed by atoms with Gasteiger partial charge in [0.1, 0.15) is 0 Å². The Morgan fingerprint density at radius 1 is 1.08 bits per heavy atom. The number of hydrogen-bond donors (Lipinski definition) is 1. The fourth-order valence-corrected chi connectivity index (χ4v) is 4.71. The van der Waals surface area contributed by atoms with Gasteiger partial charge in [0.25, 0.3) is 0 Å². The number of thioether (sulfide) groups is 1. The third kappa shape index (κ3) is 3.07.